The molecular weight excluding hydrogens is 410 g/mol. The molecule has 1 aromatic rings. The van der Waals surface area contributed by atoms with Gasteiger partial charge in [-0.2, -0.15) is 0 Å². The van der Waals surface area contributed by atoms with Crippen LogP contribution in [0.3, 0.4) is 0 Å². The standard InChI is InChI=1S/C26H36F2N2S/c27-23(28)11-10-22-17-12-25(19-4-2-1-3-5-19)13-18(22)15-26(14-17,16-25)24(31)30-21-8-6-20(29)7-9-21/h1-5,17-18,20-23H,6-16,29H2,(H,30,31). The first-order chi connectivity index (χ1) is 14.9. The lowest BCUT2D eigenvalue weighted by Crippen LogP contribution is -2.62. The monoisotopic (exact) mass is 446 g/mol. The molecule has 0 radical (unpaired) electrons. The van der Waals surface area contributed by atoms with Crippen LogP contribution in [0.15, 0.2) is 30.3 Å². The normalized spacial score (nSPS) is 41.5. The number of nitrogens with two attached hydrogens (primary N) is 1. The smallest absolute Gasteiger partial charge is 0.238 e. The van der Waals surface area contributed by atoms with E-state index in [-0.39, 0.29) is 17.3 Å². The number of hydrogen-bond acceptors (Lipinski definition) is 2. The summed E-state index contributed by atoms with van der Waals surface area (Å²) in [6.07, 6.45) is 8.47. The van der Waals surface area contributed by atoms with Crippen molar-refractivity contribution in [3.8, 4) is 0 Å². The van der Waals surface area contributed by atoms with Gasteiger partial charge in [0.05, 0.1) is 4.99 Å². The van der Waals surface area contributed by atoms with Gasteiger partial charge < -0.3 is 11.1 Å². The third kappa shape index (κ3) is 4.06. The van der Waals surface area contributed by atoms with Crippen molar-refractivity contribution < 1.29 is 8.78 Å². The van der Waals surface area contributed by atoms with Crippen LogP contribution < -0.4 is 11.1 Å². The second-order valence-electron chi connectivity index (χ2n) is 11.2. The van der Waals surface area contributed by atoms with Gasteiger partial charge in [-0.3, -0.25) is 0 Å². The fraction of sp³-hybridized carbons (Fsp3) is 0.731. The molecule has 5 fully saturated rings. The summed E-state index contributed by atoms with van der Waals surface area (Å²) < 4.78 is 26.1. The number of benzene rings is 1. The quantitative estimate of drug-likeness (QED) is 0.528. The van der Waals surface area contributed by atoms with Gasteiger partial charge in [0, 0.05) is 23.9 Å². The number of hydrogen-bond donors (Lipinski definition) is 2. The van der Waals surface area contributed by atoms with E-state index in [2.05, 4.69) is 35.6 Å². The van der Waals surface area contributed by atoms with Gasteiger partial charge in [-0.1, -0.05) is 42.5 Å². The summed E-state index contributed by atoms with van der Waals surface area (Å²) in [6, 6.07) is 11.7. The molecule has 3 N–H and O–H groups in total. The van der Waals surface area contributed by atoms with E-state index in [9.17, 15) is 8.78 Å². The Kier molecular flexibility index (Phi) is 5.87. The molecule has 0 spiro atoms. The molecule has 5 aliphatic rings. The molecule has 5 saturated carbocycles. The fourth-order valence-corrected chi connectivity index (χ4v) is 8.44. The average molecular weight is 447 g/mol. The maximum absolute atomic E-state index is 13.0. The molecule has 170 valence electrons. The van der Waals surface area contributed by atoms with Crippen molar-refractivity contribution in [1.29, 1.82) is 0 Å². The molecule has 4 bridgehead atoms. The second-order valence-corrected chi connectivity index (χ2v) is 11.6. The van der Waals surface area contributed by atoms with Crippen molar-refractivity contribution in [2.24, 2.45) is 28.9 Å². The number of alkyl halides is 2. The molecule has 5 heteroatoms. The number of rotatable bonds is 6. The van der Waals surface area contributed by atoms with Gasteiger partial charge in [0.1, 0.15) is 0 Å². The zero-order valence-corrected chi connectivity index (χ0v) is 19.2. The maximum atomic E-state index is 13.0. The molecule has 0 heterocycles. The molecule has 1 aromatic carbocycles. The summed E-state index contributed by atoms with van der Waals surface area (Å²) in [5, 5.41) is 3.79. The Morgan fingerprint density at radius 1 is 1.03 bits per heavy atom. The molecule has 6 rings (SSSR count). The maximum Gasteiger partial charge on any atom is 0.238 e. The van der Waals surface area contributed by atoms with Crippen LogP contribution in [-0.2, 0) is 5.41 Å². The number of halogens is 2. The van der Waals surface area contributed by atoms with Crippen LogP contribution >= 0.6 is 12.2 Å². The van der Waals surface area contributed by atoms with Gasteiger partial charge in [0.2, 0.25) is 6.43 Å². The first kappa shape index (κ1) is 21.8. The summed E-state index contributed by atoms with van der Waals surface area (Å²) >= 11 is 6.14. The van der Waals surface area contributed by atoms with Crippen molar-refractivity contribution in [3.05, 3.63) is 35.9 Å². The molecule has 0 aromatic heterocycles. The minimum Gasteiger partial charge on any atom is -0.376 e. The van der Waals surface area contributed by atoms with E-state index >= 15 is 0 Å². The van der Waals surface area contributed by atoms with E-state index in [1.54, 1.807) is 0 Å². The van der Waals surface area contributed by atoms with Crippen LogP contribution in [0.25, 0.3) is 0 Å². The topological polar surface area (TPSA) is 38.0 Å². The van der Waals surface area contributed by atoms with Gasteiger partial charge in [-0.05, 0) is 92.9 Å². The lowest BCUT2D eigenvalue weighted by atomic mass is 9.40. The molecule has 2 atom stereocenters. The lowest BCUT2D eigenvalue weighted by Gasteiger charge is -2.65. The summed E-state index contributed by atoms with van der Waals surface area (Å²) in [5.74, 6) is 1.47. The molecular formula is C26H36F2N2S. The van der Waals surface area contributed by atoms with E-state index in [4.69, 9.17) is 18.0 Å². The highest BCUT2D eigenvalue weighted by atomic mass is 32.1. The summed E-state index contributed by atoms with van der Waals surface area (Å²) in [4.78, 5) is 1.06. The predicted octanol–water partition coefficient (Wildman–Crippen LogP) is 5.98. The van der Waals surface area contributed by atoms with Crippen LogP contribution in [0.2, 0.25) is 0 Å². The van der Waals surface area contributed by atoms with Gasteiger partial charge in [-0.25, -0.2) is 8.78 Å². The average Bonchev–Trinajstić information content (AvgIpc) is 2.75. The Morgan fingerprint density at radius 3 is 2.29 bits per heavy atom. The summed E-state index contributed by atoms with van der Waals surface area (Å²) in [7, 11) is 0. The van der Waals surface area contributed by atoms with Crippen molar-refractivity contribution >= 4 is 17.2 Å². The minimum absolute atomic E-state index is 0.0396. The third-order valence-electron chi connectivity index (χ3n) is 9.19. The van der Waals surface area contributed by atoms with Gasteiger partial charge >= 0.3 is 0 Å². The first-order valence-corrected chi connectivity index (χ1v) is 12.7. The Morgan fingerprint density at radius 2 is 1.68 bits per heavy atom. The summed E-state index contributed by atoms with van der Waals surface area (Å²) in [6.45, 7) is 0. The van der Waals surface area contributed by atoms with E-state index in [1.807, 2.05) is 0 Å². The van der Waals surface area contributed by atoms with Gasteiger partial charge in [0.15, 0.2) is 0 Å². The lowest BCUT2D eigenvalue weighted by molar-refractivity contribution is -0.0873. The van der Waals surface area contributed by atoms with Crippen molar-refractivity contribution in [3.63, 3.8) is 0 Å². The highest BCUT2D eigenvalue weighted by molar-refractivity contribution is 7.80. The Labute approximate surface area is 190 Å². The molecule has 0 saturated heterocycles. The molecule has 2 nitrogen and oxygen atoms in total. The SMILES string of the molecule is NC1CCC(NC(=S)C23CC4CC(c5ccccc5)(CC(C2)C4CCC(F)F)C3)CC1. The van der Waals surface area contributed by atoms with E-state index < -0.39 is 6.43 Å². The number of thiocarbonyl (C=S) groups is 1. The van der Waals surface area contributed by atoms with Crippen LogP contribution in [-0.4, -0.2) is 23.5 Å². The van der Waals surface area contributed by atoms with Crippen molar-refractivity contribution in [2.75, 3.05) is 0 Å². The minimum atomic E-state index is -2.19. The molecule has 2 unspecified atom stereocenters. The highest BCUT2D eigenvalue weighted by Crippen LogP contribution is 2.68. The highest BCUT2D eigenvalue weighted by Gasteiger charge is 2.62. The van der Waals surface area contributed by atoms with Crippen LogP contribution in [0.1, 0.15) is 76.2 Å². The van der Waals surface area contributed by atoms with Gasteiger partial charge in [-0.15, -0.1) is 0 Å². The third-order valence-corrected chi connectivity index (χ3v) is 9.74. The molecule has 5 aliphatic carbocycles. The van der Waals surface area contributed by atoms with Crippen molar-refractivity contribution in [2.45, 2.75) is 94.6 Å². The zero-order valence-electron chi connectivity index (χ0n) is 18.4. The van der Waals surface area contributed by atoms with E-state index in [0.29, 0.717) is 36.3 Å². The molecule has 0 aliphatic heterocycles. The van der Waals surface area contributed by atoms with Crippen LogP contribution in [0.5, 0.6) is 0 Å². The second kappa shape index (κ2) is 8.37. The Hall–Kier alpha value is -1.07. The van der Waals surface area contributed by atoms with Crippen LogP contribution in [0, 0.1) is 23.2 Å². The first-order valence-electron chi connectivity index (χ1n) is 12.3. The Balaban J connectivity index is 1.40. The van der Waals surface area contributed by atoms with Crippen LogP contribution in [0.4, 0.5) is 8.78 Å². The van der Waals surface area contributed by atoms with E-state index in [1.165, 1.54) is 5.56 Å². The zero-order chi connectivity index (χ0) is 21.6. The summed E-state index contributed by atoms with van der Waals surface area (Å²) in [5.41, 5.74) is 7.75. The largest absolute Gasteiger partial charge is 0.376 e. The molecule has 31 heavy (non-hydrogen) atoms. The van der Waals surface area contributed by atoms with E-state index in [0.717, 1.165) is 62.8 Å². The number of nitrogens with one attached hydrogen (secondary N) is 1. The molecule has 0 amide bonds. The predicted molar refractivity (Wildman–Crippen MR) is 125 cm³/mol. The fourth-order valence-electron chi connectivity index (χ4n) is 8.03. The Bertz CT molecular complexity index is 774. The van der Waals surface area contributed by atoms with Crippen molar-refractivity contribution in [1.82, 2.24) is 5.32 Å². The van der Waals surface area contributed by atoms with Gasteiger partial charge in [0.25, 0.3) is 0 Å².